The van der Waals surface area contributed by atoms with Gasteiger partial charge in [-0.05, 0) is 31.2 Å². The number of rotatable bonds is 1. The molecule has 3 heteroatoms. The van der Waals surface area contributed by atoms with Crippen LogP contribution in [0.3, 0.4) is 0 Å². The lowest BCUT2D eigenvalue weighted by atomic mass is 10.0. The van der Waals surface area contributed by atoms with Gasteiger partial charge in [-0.25, -0.2) is 0 Å². The Balaban J connectivity index is 2.04. The Kier molecular flexibility index (Phi) is 1.77. The largest absolute Gasteiger partial charge is 0.360 e. The second-order valence-corrected chi connectivity index (χ2v) is 3.84. The summed E-state index contributed by atoms with van der Waals surface area (Å²) in [4.78, 5) is 7.81. The van der Waals surface area contributed by atoms with Gasteiger partial charge in [0.05, 0.1) is 11.0 Å². The Morgan fingerprint density at radius 3 is 3.14 bits per heavy atom. The van der Waals surface area contributed by atoms with Crippen molar-refractivity contribution in [2.75, 3.05) is 13.1 Å². The van der Waals surface area contributed by atoms with Crippen LogP contribution in [0.25, 0.3) is 11.0 Å². The summed E-state index contributed by atoms with van der Waals surface area (Å²) in [7, 11) is 0. The molecule has 1 aliphatic heterocycles. The van der Waals surface area contributed by atoms with E-state index in [1.54, 1.807) is 0 Å². The van der Waals surface area contributed by atoms with Crippen molar-refractivity contribution < 1.29 is 0 Å². The van der Waals surface area contributed by atoms with E-state index in [4.69, 9.17) is 0 Å². The second-order valence-electron chi connectivity index (χ2n) is 3.84. The van der Waals surface area contributed by atoms with E-state index >= 15 is 0 Å². The molecule has 1 atom stereocenters. The van der Waals surface area contributed by atoms with Crippen molar-refractivity contribution in [2.24, 2.45) is 0 Å². The number of aromatic amines is 1. The van der Waals surface area contributed by atoms with E-state index in [1.807, 2.05) is 12.3 Å². The molecule has 0 radical (unpaired) electrons. The molecule has 0 aromatic carbocycles. The molecule has 0 unspecified atom stereocenters. The molecule has 72 valence electrons. The molecule has 0 spiro atoms. The van der Waals surface area contributed by atoms with Gasteiger partial charge >= 0.3 is 0 Å². The van der Waals surface area contributed by atoms with Crippen molar-refractivity contribution >= 4 is 11.0 Å². The third kappa shape index (κ3) is 1.21. The molecule has 2 aromatic rings. The van der Waals surface area contributed by atoms with Crippen LogP contribution in [0, 0.1) is 0 Å². The van der Waals surface area contributed by atoms with Gasteiger partial charge in [0, 0.05) is 24.4 Å². The van der Waals surface area contributed by atoms with Gasteiger partial charge in [0.2, 0.25) is 0 Å². The van der Waals surface area contributed by atoms with E-state index in [1.165, 1.54) is 12.1 Å². The van der Waals surface area contributed by atoms with Crippen molar-refractivity contribution in [1.29, 1.82) is 0 Å². The molecule has 3 nitrogen and oxygen atoms in total. The Bertz CT molecular complexity index is 440. The summed E-state index contributed by atoms with van der Waals surface area (Å²) < 4.78 is 0. The zero-order valence-electron chi connectivity index (χ0n) is 7.96. The SMILES string of the molecule is c1cc2nc([C@H]3CCNC3)ccc2[nH]1. The van der Waals surface area contributed by atoms with E-state index in [2.05, 4.69) is 27.4 Å². The second kappa shape index (κ2) is 3.10. The van der Waals surface area contributed by atoms with Crippen LogP contribution in [0.4, 0.5) is 0 Å². The molecule has 1 saturated heterocycles. The van der Waals surface area contributed by atoms with Crippen LogP contribution < -0.4 is 5.32 Å². The predicted octanol–water partition coefficient (Wildman–Crippen LogP) is 1.64. The minimum Gasteiger partial charge on any atom is -0.360 e. The summed E-state index contributed by atoms with van der Waals surface area (Å²) in [5.41, 5.74) is 3.43. The molecular weight excluding hydrogens is 174 g/mol. The van der Waals surface area contributed by atoms with Crippen LogP contribution in [0.5, 0.6) is 0 Å². The fourth-order valence-electron chi connectivity index (χ4n) is 2.08. The molecule has 0 aliphatic carbocycles. The van der Waals surface area contributed by atoms with Gasteiger partial charge < -0.3 is 10.3 Å². The molecule has 0 bridgehead atoms. The van der Waals surface area contributed by atoms with E-state index in [9.17, 15) is 0 Å². The number of pyridine rings is 1. The number of aromatic nitrogens is 2. The van der Waals surface area contributed by atoms with Crippen LogP contribution in [0.15, 0.2) is 24.4 Å². The first-order valence-corrected chi connectivity index (χ1v) is 5.08. The minimum atomic E-state index is 0.606. The Morgan fingerprint density at radius 1 is 1.29 bits per heavy atom. The van der Waals surface area contributed by atoms with Crippen molar-refractivity contribution in [2.45, 2.75) is 12.3 Å². The summed E-state index contributed by atoms with van der Waals surface area (Å²) in [6.07, 6.45) is 3.15. The first kappa shape index (κ1) is 8.00. The lowest BCUT2D eigenvalue weighted by molar-refractivity contribution is 0.739. The smallest absolute Gasteiger partial charge is 0.0882 e. The highest BCUT2D eigenvalue weighted by Crippen LogP contribution is 2.22. The fourth-order valence-corrected chi connectivity index (χ4v) is 2.08. The zero-order chi connectivity index (χ0) is 9.38. The number of hydrogen-bond acceptors (Lipinski definition) is 2. The van der Waals surface area contributed by atoms with E-state index in [0.717, 1.165) is 24.1 Å². The number of nitrogens with zero attached hydrogens (tertiary/aromatic N) is 1. The summed E-state index contributed by atoms with van der Waals surface area (Å²) in [5, 5.41) is 3.36. The highest BCUT2D eigenvalue weighted by molar-refractivity contribution is 5.74. The monoisotopic (exact) mass is 187 g/mol. The first-order valence-electron chi connectivity index (χ1n) is 5.08. The lowest BCUT2D eigenvalue weighted by Crippen LogP contribution is -2.08. The Morgan fingerprint density at radius 2 is 2.29 bits per heavy atom. The molecule has 2 N–H and O–H groups in total. The molecule has 1 fully saturated rings. The molecule has 14 heavy (non-hydrogen) atoms. The third-order valence-corrected chi connectivity index (χ3v) is 2.90. The quantitative estimate of drug-likeness (QED) is 0.712. The maximum absolute atomic E-state index is 4.65. The number of fused-ring (bicyclic) bond motifs is 1. The van der Waals surface area contributed by atoms with Gasteiger partial charge in [0.25, 0.3) is 0 Å². The van der Waals surface area contributed by atoms with E-state index in [-0.39, 0.29) is 0 Å². The highest BCUT2D eigenvalue weighted by Gasteiger charge is 2.17. The first-order chi connectivity index (χ1) is 6.93. The lowest BCUT2D eigenvalue weighted by Gasteiger charge is -2.06. The van der Waals surface area contributed by atoms with Crippen molar-refractivity contribution in [3.8, 4) is 0 Å². The maximum Gasteiger partial charge on any atom is 0.0882 e. The summed E-state index contributed by atoms with van der Waals surface area (Å²) in [6, 6.07) is 6.29. The van der Waals surface area contributed by atoms with Crippen molar-refractivity contribution in [3.63, 3.8) is 0 Å². The van der Waals surface area contributed by atoms with Gasteiger partial charge in [-0.3, -0.25) is 4.98 Å². The van der Waals surface area contributed by atoms with E-state index < -0.39 is 0 Å². The standard InChI is InChI=1S/C11H13N3/c1-2-10-11(4-6-13-10)14-9(1)8-3-5-12-7-8/h1-2,4,6,8,12-13H,3,5,7H2/t8-/m0/s1. The summed E-state index contributed by atoms with van der Waals surface area (Å²) in [5.74, 6) is 0.606. The van der Waals surface area contributed by atoms with Crippen molar-refractivity contribution in [3.05, 3.63) is 30.1 Å². The highest BCUT2D eigenvalue weighted by atomic mass is 14.9. The van der Waals surface area contributed by atoms with Gasteiger partial charge in [-0.1, -0.05) is 0 Å². The molecule has 1 aliphatic rings. The third-order valence-electron chi connectivity index (χ3n) is 2.90. The molecular formula is C11H13N3. The van der Waals surface area contributed by atoms with Crippen LogP contribution in [0.1, 0.15) is 18.0 Å². The zero-order valence-corrected chi connectivity index (χ0v) is 7.96. The fraction of sp³-hybridized carbons (Fsp3) is 0.364. The molecule has 3 rings (SSSR count). The average Bonchev–Trinajstić information content (AvgIpc) is 2.88. The maximum atomic E-state index is 4.65. The topological polar surface area (TPSA) is 40.7 Å². The van der Waals surface area contributed by atoms with Crippen LogP contribution in [-0.4, -0.2) is 23.1 Å². The normalized spacial score (nSPS) is 21.9. The molecule has 0 saturated carbocycles. The number of hydrogen-bond donors (Lipinski definition) is 2. The Labute approximate surface area is 82.5 Å². The van der Waals surface area contributed by atoms with Gasteiger partial charge in [0.1, 0.15) is 0 Å². The Hall–Kier alpha value is -1.35. The van der Waals surface area contributed by atoms with Gasteiger partial charge in [-0.2, -0.15) is 0 Å². The van der Waals surface area contributed by atoms with Gasteiger partial charge in [0.15, 0.2) is 0 Å². The number of H-pyrrole nitrogens is 1. The predicted molar refractivity (Wildman–Crippen MR) is 56.3 cm³/mol. The number of nitrogens with one attached hydrogen (secondary N) is 2. The van der Waals surface area contributed by atoms with Crippen LogP contribution in [0.2, 0.25) is 0 Å². The summed E-state index contributed by atoms with van der Waals surface area (Å²) in [6.45, 7) is 2.19. The average molecular weight is 187 g/mol. The summed E-state index contributed by atoms with van der Waals surface area (Å²) >= 11 is 0. The molecule has 0 amide bonds. The van der Waals surface area contributed by atoms with Crippen LogP contribution >= 0.6 is 0 Å². The van der Waals surface area contributed by atoms with Gasteiger partial charge in [-0.15, -0.1) is 0 Å². The van der Waals surface area contributed by atoms with E-state index in [0.29, 0.717) is 5.92 Å². The molecule has 3 heterocycles. The van der Waals surface area contributed by atoms with Crippen LogP contribution in [-0.2, 0) is 0 Å². The molecule has 2 aromatic heterocycles. The minimum absolute atomic E-state index is 0.606. The van der Waals surface area contributed by atoms with Crippen molar-refractivity contribution in [1.82, 2.24) is 15.3 Å².